The number of halogens is 2. The first-order valence-electron chi connectivity index (χ1n) is 16.5. The van der Waals surface area contributed by atoms with Gasteiger partial charge in [-0.3, -0.25) is 9.59 Å². The lowest BCUT2D eigenvalue weighted by Gasteiger charge is -2.31. The first-order chi connectivity index (χ1) is 23.6. The van der Waals surface area contributed by atoms with Crippen LogP contribution in [0.4, 0.5) is 4.79 Å². The van der Waals surface area contributed by atoms with Crippen molar-refractivity contribution < 1.29 is 24.5 Å². The van der Waals surface area contributed by atoms with Crippen molar-refractivity contribution in [3.05, 3.63) is 97.1 Å². The van der Waals surface area contributed by atoms with Crippen LogP contribution >= 0.6 is 34.5 Å². The number of aromatic amines is 1. The number of nitrogens with one attached hydrogen (secondary N) is 1. The van der Waals surface area contributed by atoms with Crippen LogP contribution < -0.4 is 4.87 Å². The number of likely N-dealkylation sites (N-methyl/N-ethyl adjacent to an activating group) is 1. The molecule has 4 rings (SSSR count). The minimum Gasteiger partial charge on any atom is -0.506 e. The van der Waals surface area contributed by atoms with Crippen LogP contribution in [-0.4, -0.2) is 101 Å². The monoisotopic (exact) mass is 730 g/mol. The molecule has 0 fully saturated rings. The number of carbonyl (C=O) groups excluding carboxylic acids is 1. The number of hydrogen-bond acceptors (Lipinski definition) is 7. The highest BCUT2D eigenvalue weighted by Crippen LogP contribution is 2.34. The van der Waals surface area contributed by atoms with Crippen molar-refractivity contribution in [3.8, 4) is 5.75 Å². The number of phenolic OH excluding ortho intramolecular Hbond substituents is 1. The molecule has 0 aliphatic rings. The maximum Gasteiger partial charge on any atom is 0.407 e. The normalized spacial score (nSPS) is 12.0. The smallest absolute Gasteiger partial charge is 0.407 e. The van der Waals surface area contributed by atoms with E-state index in [1.807, 2.05) is 30.3 Å². The summed E-state index contributed by atoms with van der Waals surface area (Å²) in [6.07, 6.45) is 0.0740. The van der Waals surface area contributed by atoms with Crippen molar-refractivity contribution in [2.75, 3.05) is 59.0 Å². The Bertz CT molecular complexity index is 1710. The van der Waals surface area contributed by atoms with E-state index in [0.717, 1.165) is 41.1 Å². The Balaban J connectivity index is 1.47. The lowest BCUT2D eigenvalue weighted by Crippen LogP contribution is -2.45. The van der Waals surface area contributed by atoms with Crippen LogP contribution in [0.25, 0.3) is 10.2 Å². The van der Waals surface area contributed by atoms with Gasteiger partial charge in [0.05, 0.1) is 24.3 Å². The van der Waals surface area contributed by atoms with Crippen molar-refractivity contribution in [2.24, 2.45) is 0 Å². The number of nitrogens with zero attached hydrogens (tertiary/aromatic N) is 3. The molecule has 0 aliphatic heterocycles. The fourth-order valence-corrected chi connectivity index (χ4v) is 7.37. The number of carboxylic acid groups (broad SMARTS) is 1. The molecule has 10 nitrogen and oxygen atoms in total. The molecular formula is C36H44Cl2N4O6S. The molecule has 1 aromatic heterocycles. The summed E-state index contributed by atoms with van der Waals surface area (Å²) in [5.41, 5.74) is 2.93. The Morgan fingerprint density at radius 1 is 0.898 bits per heavy atom. The molecule has 1 heterocycles. The number of aromatic hydroxyl groups is 1. The van der Waals surface area contributed by atoms with Crippen LogP contribution in [0.15, 0.2) is 65.5 Å². The van der Waals surface area contributed by atoms with Gasteiger partial charge in [0.25, 0.3) is 0 Å². The van der Waals surface area contributed by atoms with Gasteiger partial charge in [0.2, 0.25) is 5.91 Å². The maximum absolute atomic E-state index is 13.5. The van der Waals surface area contributed by atoms with Gasteiger partial charge in [-0.15, -0.1) is 0 Å². The Hall–Kier alpha value is -3.61. The number of ether oxygens (including phenoxy) is 1. The summed E-state index contributed by atoms with van der Waals surface area (Å²) in [5.74, 6) is -0.482. The highest BCUT2D eigenvalue weighted by atomic mass is 35.5. The molecule has 3 aromatic carbocycles. The molecule has 49 heavy (non-hydrogen) atoms. The lowest BCUT2D eigenvalue weighted by atomic mass is 9.91. The van der Waals surface area contributed by atoms with Crippen molar-refractivity contribution >= 4 is 56.8 Å². The average Bonchev–Trinajstić information content (AvgIpc) is 3.49. The number of phenols is 1. The van der Waals surface area contributed by atoms with Gasteiger partial charge in [-0.1, -0.05) is 90.9 Å². The molecule has 0 spiro atoms. The highest BCUT2D eigenvalue weighted by Gasteiger charge is 2.25. The summed E-state index contributed by atoms with van der Waals surface area (Å²) >= 11 is 13.5. The number of aromatic nitrogens is 1. The minimum absolute atomic E-state index is 0.0374. The zero-order valence-corrected chi connectivity index (χ0v) is 30.2. The van der Waals surface area contributed by atoms with Crippen LogP contribution in [0.2, 0.25) is 10.0 Å². The molecule has 4 aromatic rings. The van der Waals surface area contributed by atoms with Crippen LogP contribution in [0.5, 0.6) is 5.75 Å². The van der Waals surface area contributed by atoms with Gasteiger partial charge in [-0.05, 0) is 60.8 Å². The van der Waals surface area contributed by atoms with E-state index < -0.39 is 6.09 Å². The summed E-state index contributed by atoms with van der Waals surface area (Å²) in [5, 5.41) is 21.9. The number of fused-ring (bicyclic) bond motifs is 1. The standard InChI is InChI=1S/C36H44Cl2N4O6S/c1-3-40(4-2)17-18-41(32(44)16-22-48-21-15-28-29(37)11-8-12-30(28)38)19-20-42(36(46)47)24-26(23-25-9-6-5-7-10-25)27-13-14-31(43)33-34(27)49-35(45)39-33/h5-14,26,43H,3-4,15-24H2,1-2H3,(H,39,45)(H,46,47). The summed E-state index contributed by atoms with van der Waals surface area (Å²) in [7, 11) is 0. The number of benzene rings is 3. The van der Waals surface area contributed by atoms with Crippen molar-refractivity contribution in [3.63, 3.8) is 0 Å². The van der Waals surface area contributed by atoms with Gasteiger partial charge >= 0.3 is 11.0 Å². The lowest BCUT2D eigenvalue weighted by molar-refractivity contribution is -0.132. The molecule has 264 valence electrons. The minimum atomic E-state index is -1.10. The van der Waals surface area contributed by atoms with E-state index in [2.05, 4.69) is 23.7 Å². The first-order valence-corrected chi connectivity index (χ1v) is 18.1. The fraction of sp³-hybridized carbons (Fsp3) is 0.417. The third kappa shape index (κ3) is 10.9. The molecule has 2 amide bonds. The number of amides is 2. The molecule has 0 saturated carbocycles. The van der Waals surface area contributed by atoms with Gasteiger partial charge in [-0.2, -0.15) is 0 Å². The van der Waals surface area contributed by atoms with E-state index >= 15 is 0 Å². The van der Waals surface area contributed by atoms with E-state index in [1.54, 1.807) is 29.2 Å². The third-order valence-corrected chi connectivity index (χ3v) is 10.3. The third-order valence-electron chi connectivity index (χ3n) is 8.66. The van der Waals surface area contributed by atoms with E-state index in [1.165, 1.54) is 11.0 Å². The highest BCUT2D eigenvalue weighted by molar-refractivity contribution is 7.16. The molecule has 0 saturated heterocycles. The largest absolute Gasteiger partial charge is 0.506 e. The predicted molar refractivity (Wildman–Crippen MR) is 197 cm³/mol. The quantitative estimate of drug-likeness (QED) is 0.0914. The predicted octanol–water partition coefficient (Wildman–Crippen LogP) is 6.73. The molecule has 3 N–H and O–H groups in total. The first kappa shape index (κ1) is 38.2. The number of hydrogen-bond donors (Lipinski definition) is 3. The Kier molecular flexibility index (Phi) is 14.8. The fourth-order valence-electron chi connectivity index (χ4n) is 5.83. The van der Waals surface area contributed by atoms with Crippen molar-refractivity contribution in [2.45, 2.75) is 39.0 Å². The van der Waals surface area contributed by atoms with Gasteiger partial charge in [0.15, 0.2) is 0 Å². The van der Waals surface area contributed by atoms with Crippen LogP contribution in [0.1, 0.15) is 42.9 Å². The molecule has 1 unspecified atom stereocenters. The van der Waals surface area contributed by atoms with E-state index in [9.17, 15) is 24.6 Å². The van der Waals surface area contributed by atoms with Gasteiger partial charge < -0.3 is 34.6 Å². The van der Waals surface area contributed by atoms with Crippen molar-refractivity contribution in [1.29, 1.82) is 0 Å². The second kappa shape index (κ2) is 19.0. The molecule has 0 aliphatic carbocycles. The molecule has 13 heteroatoms. The van der Waals surface area contributed by atoms with E-state index in [4.69, 9.17) is 27.9 Å². The van der Waals surface area contributed by atoms with Gasteiger partial charge in [-0.25, -0.2) is 4.79 Å². The van der Waals surface area contributed by atoms with E-state index in [-0.39, 0.29) is 55.1 Å². The SMILES string of the molecule is CCN(CC)CCN(CCN(CC(Cc1ccccc1)c1ccc(O)c2[nH]c(=O)sc12)C(=O)O)C(=O)CCOCCc1c(Cl)cccc1Cl. The molecule has 0 radical (unpaired) electrons. The van der Waals surface area contributed by atoms with Crippen LogP contribution in [0, 0.1) is 0 Å². The van der Waals surface area contributed by atoms with Gasteiger partial charge in [0, 0.05) is 48.7 Å². The summed E-state index contributed by atoms with van der Waals surface area (Å²) < 4.78 is 6.38. The Morgan fingerprint density at radius 2 is 1.57 bits per heavy atom. The van der Waals surface area contributed by atoms with Crippen LogP contribution in [-0.2, 0) is 22.4 Å². The van der Waals surface area contributed by atoms with Gasteiger partial charge in [0.1, 0.15) is 11.3 Å². The molecule has 0 bridgehead atoms. The van der Waals surface area contributed by atoms with Crippen molar-refractivity contribution in [1.82, 2.24) is 19.7 Å². The zero-order chi connectivity index (χ0) is 35.3. The number of rotatable bonds is 19. The summed E-state index contributed by atoms with van der Waals surface area (Å²) in [6.45, 7) is 7.91. The average molecular weight is 732 g/mol. The van der Waals surface area contributed by atoms with Crippen LogP contribution in [0.3, 0.4) is 0 Å². The summed E-state index contributed by atoms with van der Waals surface area (Å²) in [6, 6.07) is 18.4. The van der Waals surface area contributed by atoms with E-state index in [0.29, 0.717) is 52.8 Å². The summed E-state index contributed by atoms with van der Waals surface area (Å²) in [4.78, 5) is 46.1. The number of thiazole rings is 1. The number of carbonyl (C=O) groups is 2. The second-order valence-corrected chi connectivity index (χ2v) is 13.5. The topological polar surface area (TPSA) is 126 Å². The Morgan fingerprint density at radius 3 is 2.24 bits per heavy atom. The number of H-pyrrole nitrogens is 1. The Labute approximate surface area is 300 Å². The maximum atomic E-state index is 13.5. The molecular weight excluding hydrogens is 687 g/mol. The zero-order valence-electron chi connectivity index (χ0n) is 27.9. The molecule has 1 atom stereocenters. The second-order valence-electron chi connectivity index (χ2n) is 11.7.